The summed E-state index contributed by atoms with van der Waals surface area (Å²) < 4.78 is 5.48. The molecule has 0 radical (unpaired) electrons. The van der Waals surface area contributed by atoms with Crippen molar-refractivity contribution >= 4 is 29.7 Å². The number of ether oxygens (including phenoxy) is 1. The Morgan fingerprint density at radius 1 is 1.36 bits per heavy atom. The van der Waals surface area contributed by atoms with Crippen LogP contribution in [0.3, 0.4) is 0 Å². The van der Waals surface area contributed by atoms with Crippen LogP contribution in [-0.4, -0.2) is 23.3 Å². The van der Waals surface area contributed by atoms with Crippen molar-refractivity contribution in [1.82, 2.24) is 4.98 Å². The molecule has 0 aliphatic rings. The minimum absolute atomic E-state index is 0.119. The van der Waals surface area contributed by atoms with Gasteiger partial charge in [0.05, 0.1) is 10.7 Å². The van der Waals surface area contributed by atoms with Gasteiger partial charge in [-0.05, 0) is 51.7 Å². The molecule has 1 rings (SSSR count). The lowest BCUT2D eigenvalue weighted by molar-refractivity contribution is -0.144. The van der Waals surface area contributed by atoms with Crippen LogP contribution in [0.1, 0.15) is 64.1 Å². The van der Waals surface area contributed by atoms with Crippen molar-refractivity contribution in [3.05, 3.63) is 33.3 Å². The number of esters is 1. The smallest absolute Gasteiger partial charge is 0.303 e. The van der Waals surface area contributed by atoms with E-state index in [0.29, 0.717) is 6.42 Å². The monoisotopic (exact) mass is 363 g/mol. The van der Waals surface area contributed by atoms with E-state index in [1.807, 2.05) is 32.2 Å². The minimum Gasteiger partial charge on any atom is -0.458 e. The molecule has 0 amide bonds. The number of thiazole rings is 1. The second-order valence-corrected chi connectivity index (χ2v) is 7.63. The summed E-state index contributed by atoms with van der Waals surface area (Å²) in [6, 6.07) is 0. The lowest BCUT2D eigenvalue weighted by Crippen LogP contribution is -2.17. The van der Waals surface area contributed by atoms with E-state index in [2.05, 4.69) is 18.0 Å². The molecule has 138 valence electrons. The molecule has 2 atom stereocenters. The summed E-state index contributed by atoms with van der Waals surface area (Å²) in [4.78, 5) is 26.5. The van der Waals surface area contributed by atoms with Gasteiger partial charge in [-0.25, -0.2) is 4.98 Å². The normalized spacial score (nSPS) is 14.9. The number of carbonyl (C=O) groups is 2. The van der Waals surface area contributed by atoms with Gasteiger partial charge in [0, 0.05) is 24.6 Å². The van der Waals surface area contributed by atoms with E-state index >= 15 is 0 Å². The average Bonchev–Trinajstić information content (AvgIpc) is 2.95. The molecule has 0 spiro atoms. The van der Waals surface area contributed by atoms with E-state index in [1.54, 1.807) is 11.3 Å². The molecule has 0 aliphatic heterocycles. The van der Waals surface area contributed by atoms with Crippen LogP contribution in [-0.2, 0) is 14.3 Å². The van der Waals surface area contributed by atoms with Gasteiger partial charge in [-0.15, -0.1) is 11.3 Å². The molecule has 0 saturated carbocycles. The molecule has 2 unspecified atom stereocenters. The zero-order chi connectivity index (χ0) is 18.8. The molecule has 25 heavy (non-hydrogen) atoms. The number of aromatic nitrogens is 1. The molecule has 0 fully saturated rings. The van der Waals surface area contributed by atoms with Crippen LogP contribution < -0.4 is 0 Å². The number of hydrogen-bond donors (Lipinski definition) is 0. The molecule has 1 aromatic heterocycles. The van der Waals surface area contributed by atoms with Crippen molar-refractivity contribution in [2.75, 3.05) is 0 Å². The largest absolute Gasteiger partial charge is 0.458 e. The van der Waals surface area contributed by atoms with Crippen LogP contribution in [0.4, 0.5) is 0 Å². The van der Waals surface area contributed by atoms with E-state index < -0.39 is 0 Å². The Labute approximate surface area is 155 Å². The standard InChI is InChI=1S/C20H29NO3S/c1-14(7-6-8-15(2)12-22)9-10-20(24-18(5)23)16(3)11-19-13-25-17(4)21-19/h9,11-13,15,20H,6-8,10H2,1-5H3/b14-9-,16-11+. The predicted octanol–water partition coefficient (Wildman–Crippen LogP) is 5.13. The van der Waals surface area contributed by atoms with Crippen molar-refractivity contribution in [1.29, 1.82) is 0 Å². The Morgan fingerprint density at radius 3 is 2.64 bits per heavy atom. The van der Waals surface area contributed by atoms with E-state index in [-0.39, 0.29) is 18.0 Å². The van der Waals surface area contributed by atoms with E-state index in [4.69, 9.17) is 4.74 Å². The molecule has 5 heteroatoms. The fourth-order valence-electron chi connectivity index (χ4n) is 2.48. The molecule has 0 saturated heterocycles. The average molecular weight is 364 g/mol. The lowest BCUT2D eigenvalue weighted by atomic mass is 10.0. The Kier molecular flexibility index (Phi) is 9.35. The Morgan fingerprint density at radius 2 is 2.08 bits per heavy atom. The quantitative estimate of drug-likeness (QED) is 0.328. The third-order valence-electron chi connectivity index (χ3n) is 3.97. The second kappa shape index (κ2) is 11.0. The van der Waals surface area contributed by atoms with Crippen LogP contribution in [0.5, 0.6) is 0 Å². The maximum atomic E-state index is 11.4. The number of allylic oxidation sites excluding steroid dienone is 1. The Bertz CT molecular complexity index is 631. The van der Waals surface area contributed by atoms with E-state index in [9.17, 15) is 9.59 Å². The van der Waals surface area contributed by atoms with E-state index in [0.717, 1.165) is 41.8 Å². The zero-order valence-corrected chi connectivity index (χ0v) is 16.7. The summed E-state index contributed by atoms with van der Waals surface area (Å²) in [5, 5.41) is 3.02. The van der Waals surface area contributed by atoms with Crippen molar-refractivity contribution in [2.24, 2.45) is 5.92 Å². The molecule has 0 aromatic carbocycles. The highest BCUT2D eigenvalue weighted by molar-refractivity contribution is 7.09. The van der Waals surface area contributed by atoms with Gasteiger partial charge in [0.1, 0.15) is 12.4 Å². The molecule has 1 heterocycles. The first-order chi connectivity index (χ1) is 11.8. The maximum absolute atomic E-state index is 11.4. The second-order valence-electron chi connectivity index (χ2n) is 6.57. The molecule has 0 N–H and O–H groups in total. The van der Waals surface area contributed by atoms with Crippen molar-refractivity contribution in [2.45, 2.75) is 66.4 Å². The number of hydrogen-bond acceptors (Lipinski definition) is 5. The van der Waals surface area contributed by atoms with Crippen molar-refractivity contribution in [3.8, 4) is 0 Å². The number of rotatable bonds is 10. The van der Waals surface area contributed by atoms with Gasteiger partial charge in [0.2, 0.25) is 0 Å². The highest BCUT2D eigenvalue weighted by Crippen LogP contribution is 2.19. The number of aryl methyl sites for hydroxylation is 1. The minimum atomic E-state index is -0.280. The number of nitrogens with zero attached hydrogens (tertiary/aromatic N) is 1. The van der Waals surface area contributed by atoms with Gasteiger partial charge in [-0.1, -0.05) is 18.6 Å². The molecule has 4 nitrogen and oxygen atoms in total. The van der Waals surface area contributed by atoms with Crippen LogP contribution in [0.2, 0.25) is 0 Å². The van der Waals surface area contributed by atoms with Crippen LogP contribution in [0.15, 0.2) is 22.6 Å². The lowest BCUT2D eigenvalue weighted by Gasteiger charge is -2.16. The van der Waals surface area contributed by atoms with E-state index in [1.165, 1.54) is 12.5 Å². The van der Waals surface area contributed by atoms with Crippen LogP contribution in [0, 0.1) is 12.8 Å². The Balaban J connectivity index is 2.68. The summed E-state index contributed by atoms with van der Waals surface area (Å²) >= 11 is 1.60. The Hall–Kier alpha value is -1.75. The molecule has 0 bridgehead atoms. The molecule has 1 aromatic rings. The summed E-state index contributed by atoms with van der Waals surface area (Å²) in [6.07, 6.45) is 8.35. The van der Waals surface area contributed by atoms with Gasteiger partial charge < -0.3 is 9.53 Å². The highest BCUT2D eigenvalue weighted by atomic mass is 32.1. The fraction of sp³-hybridized carbons (Fsp3) is 0.550. The maximum Gasteiger partial charge on any atom is 0.303 e. The van der Waals surface area contributed by atoms with Gasteiger partial charge in [-0.3, -0.25) is 4.79 Å². The van der Waals surface area contributed by atoms with Crippen molar-refractivity contribution in [3.63, 3.8) is 0 Å². The van der Waals surface area contributed by atoms with Gasteiger partial charge in [0.25, 0.3) is 0 Å². The van der Waals surface area contributed by atoms with Gasteiger partial charge in [0.15, 0.2) is 0 Å². The number of carbonyl (C=O) groups excluding carboxylic acids is 2. The van der Waals surface area contributed by atoms with Crippen LogP contribution >= 0.6 is 11.3 Å². The first kappa shape index (κ1) is 21.3. The predicted molar refractivity (Wildman–Crippen MR) is 104 cm³/mol. The molecule has 0 aliphatic carbocycles. The molecular weight excluding hydrogens is 334 g/mol. The SMILES string of the molecule is CC(=O)OC(C/C=C(/C)CCCC(C)C=O)/C(C)=C/c1csc(C)n1. The van der Waals surface area contributed by atoms with Gasteiger partial charge >= 0.3 is 5.97 Å². The summed E-state index contributed by atoms with van der Waals surface area (Å²) in [6.45, 7) is 9.40. The molecular formula is C20H29NO3S. The summed E-state index contributed by atoms with van der Waals surface area (Å²) in [5.74, 6) is -0.161. The highest BCUT2D eigenvalue weighted by Gasteiger charge is 2.14. The summed E-state index contributed by atoms with van der Waals surface area (Å²) in [7, 11) is 0. The third kappa shape index (κ3) is 8.77. The van der Waals surface area contributed by atoms with Crippen LogP contribution in [0.25, 0.3) is 6.08 Å². The van der Waals surface area contributed by atoms with Gasteiger partial charge in [-0.2, -0.15) is 0 Å². The topological polar surface area (TPSA) is 56.3 Å². The third-order valence-corrected chi connectivity index (χ3v) is 4.76. The number of aldehydes is 1. The van der Waals surface area contributed by atoms with Crippen molar-refractivity contribution < 1.29 is 14.3 Å². The first-order valence-corrected chi connectivity index (χ1v) is 9.58. The summed E-state index contributed by atoms with van der Waals surface area (Å²) in [5.41, 5.74) is 3.15. The zero-order valence-electron chi connectivity index (χ0n) is 15.9. The first-order valence-electron chi connectivity index (χ1n) is 8.70. The fourth-order valence-corrected chi connectivity index (χ4v) is 3.05.